The van der Waals surface area contributed by atoms with Crippen molar-refractivity contribution in [2.75, 3.05) is 19.0 Å². The van der Waals surface area contributed by atoms with Gasteiger partial charge in [0.1, 0.15) is 29.3 Å². The number of hydrogen-bond donors (Lipinski definition) is 1. The predicted octanol–water partition coefficient (Wildman–Crippen LogP) is 2.00. The van der Waals surface area contributed by atoms with E-state index in [1.807, 2.05) is 26.8 Å². The zero-order chi connectivity index (χ0) is 25.5. The number of carbonyl (C=O) groups excluding carboxylic acids is 1. The smallest absolute Gasteiger partial charge is 0.329 e. The van der Waals surface area contributed by atoms with Crippen LogP contribution in [0, 0.1) is 22.7 Å². The number of alkyl halides is 1. The highest BCUT2D eigenvalue weighted by molar-refractivity contribution is 7.85. The van der Waals surface area contributed by atoms with E-state index in [1.165, 1.54) is 0 Å². The van der Waals surface area contributed by atoms with Crippen molar-refractivity contribution in [3.05, 3.63) is 11.7 Å². The summed E-state index contributed by atoms with van der Waals surface area (Å²) in [4.78, 5) is 17.7. The lowest BCUT2D eigenvalue weighted by molar-refractivity contribution is -0.847. The number of nitrogens with one attached hydrogen (secondary N) is 1. The van der Waals surface area contributed by atoms with E-state index in [0.717, 1.165) is 12.8 Å². The van der Waals surface area contributed by atoms with Gasteiger partial charge in [-0.3, -0.25) is 5.32 Å². The van der Waals surface area contributed by atoms with Crippen LogP contribution >= 0.6 is 0 Å². The second kappa shape index (κ2) is 9.26. The average Bonchev–Trinajstić information content (AvgIpc) is 3.37. The second-order valence-electron chi connectivity index (χ2n) is 10.8. The van der Waals surface area contributed by atoms with Crippen molar-refractivity contribution in [1.82, 2.24) is 15.5 Å². The number of nitriles is 1. The summed E-state index contributed by atoms with van der Waals surface area (Å²) in [7, 11) is -4.87. The van der Waals surface area contributed by atoms with Crippen molar-refractivity contribution < 1.29 is 31.2 Å². The van der Waals surface area contributed by atoms with Gasteiger partial charge in [0.25, 0.3) is 0 Å². The fourth-order valence-corrected chi connectivity index (χ4v) is 6.43. The minimum atomic E-state index is -4.87. The van der Waals surface area contributed by atoms with Crippen LogP contribution in [0.25, 0.3) is 0 Å². The van der Waals surface area contributed by atoms with Gasteiger partial charge >= 0.3 is 5.91 Å². The van der Waals surface area contributed by atoms with E-state index < -0.39 is 50.7 Å². The summed E-state index contributed by atoms with van der Waals surface area (Å²) in [6.45, 7) is 9.36. The molecule has 2 heterocycles. The standard InChI is InChI=1S/C22H34FN5O5S/c1-14(2)20-26-18(27-33-20)8-15-6-7-22(5,21(15,3)4)25-11-19(29)28(13-34(30,31)32)12-16(23)9-17(28)10-24/h14-17,25H,6-9,11-13H2,1-5H3/t15-,16-,17-,22-,28?/m0/s1. The molecule has 2 aliphatic rings. The Bertz CT molecular complexity index is 1070. The first kappa shape index (κ1) is 26.7. The van der Waals surface area contributed by atoms with Gasteiger partial charge in [0.2, 0.25) is 5.89 Å². The SMILES string of the molecule is CC(C)c1nc(C[C@@H]2CC[C@](C)(NCC(=O)[N+]3(CS(=O)(=O)[O-])C[C@@H](F)C[C@H]3C#N)C2(C)C)no1. The van der Waals surface area contributed by atoms with Gasteiger partial charge in [-0.05, 0) is 31.1 Å². The monoisotopic (exact) mass is 499 g/mol. The van der Waals surface area contributed by atoms with Crippen molar-refractivity contribution in [2.45, 2.75) is 84.0 Å². The summed E-state index contributed by atoms with van der Waals surface area (Å²) < 4.78 is 53.2. The topological polar surface area (TPSA) is 149 Å². The zero-order valence-corrected chi connectivity index (χ0v) is 21.2. The van der Waals surface area contributed by atoms with Gasteiger partial charge in [0.05, 0.1) is 6.42 Å². The molecule has 1 N–H and O–H groups in total. The van der Waals surface area contributed by atoms with Crippen LogP contribution < -0.4 is 5.32 Å². The number of halogens is 1. The van der Waals surface area contributed by atoms with Crippen molar-refractivity contribution >= 4 is 16.0 Å². The Hall–Kier alpha value is -1.94. The van der Waals surface area contributed by atoms with Crippen LogP contribution in [-0.2, 0) is 21.3 Å². The lowest BCUT2D eigenvalue weighted by Gasteiger charge is -2.43. The predicted molar refractivity (Wildman–Crippen MR) is 119 cm³/mol. The molecule has 0 radical (unpaired) electrons. The van der Waals surface area contributed by atoms with Gasteiger partial charge < -0.3 is 9.08 Å². The average molecular weight is 500 g/mol. The second-order valence-corrected chi connectivity index (χ2v) is 12.2. The van der Waals surface area contributed by atoms with Crippen LogP contribution in [-0.4, -0.2) is 70.2 Å². The number of hydrogen-bond acceptors (Lipinski definition) is 9. The normalized spacial score (nSPS) is 33.3. The number of amides is 1. The first-order valence-corrected chi connectivity index (χ1v) is 13.2. The molecular weight excluding hydrogens is 465 g/mol. The quantitative estimate of drug-likeness (QED) is 0.418. The van der Waals surface area contributed by atoms with Gasteiger partial charge in [-0.25, -0.2) is 22.1 Å². The van der Waals surface area contributed by atoms with E-state index in [4.69, 9.17) is 4.52 Å². The molecule has 12 heteroatoms. The number of nitrogens with zero attached hydrogens (tertiary/aromatic N) is 4. The summed E-state index contributed by atoms with van der Waals surface area (Å²) >= 11 is 0. The van der Waals surface area contributed by atoms with Gasteiger partial charge in [-0.2, -0.15) is 10.2 Å². The van der Waals surface area contributed by atoms with Crippen LogP contribution in [0.3, 0.4) is 0 Å². The molecule has 1 saturated carbocycles. The van der Waals surface area contributed by atoms with Gasteiger partial charge in [0, 0.05) is 17.9 Å². The molecule has 0 aromatic carbocycles. The molecule has 1 aliphatic carbocycles. The fourth-order valence-electron chi connectivity index (χ4n) is 5.44. The third-order valence-electron chi connectivity index (χ3n) is 8.11. The van der Waals surface area contributed by atoms with Crippen LogP contribution in [0.4, 0.5) is 4.39 Å². The maximum atomic E-state index is 14.2. The molecule has 1 aliphatic heterocycles. The Morgan fingerprint density at radius 2 is 2.09 bits per heavy atom. The zero-order valence-electron chi connectivity index (χ0n) is 20.4. The van der Waals surface area contributed by atoms with Crippen molar-refractivity contribution in [3.63, 3.8) is 0 Å². The molecule has 0 spiro atoms. The number of rotatable bonds is 8. The minimum absolute atomic E-state index is 0.135. The first-order valence-electron chi connectivity index (χ1n) is 11.6. The van der Waals surface area contributed by atoms with Crippen molar-refractivity contribution in [1.29, 1.82) is 5.26 Å². The summed E-state index contributed by atoms with van der Waals surface area (Å²) in [5.74, 6) is -0.233. The van der Waals surface area contributed by atoms with E-state index in [9.17, 15) is 27.4 Å². The molecule has 3 rings (SSSR count). The van der Waals surface area contributed by atoms with Crippen molar-refractivity contribution in [3.8, 4) is 6.07 Å². The van der Waals surface area contributed by atoms with Crippen LogP contribution in [0.1, 0.15) is 71.5 Å². The van der Waals surface area contributed by atoms with E-state index in [-0.39, 0.29) is 30.2 Å². The number of carbonyl (C=O) groups is 1. The lowest BCUT2D eigenvalue weighted by atomic mass is 9.70. The molecule has 190 valence electrons. The van der Waals surface area contributed by atoms with Crippen molar-refractivity contribution in [2.24, 2.45) is 11.3 Å². The van der Waals surface area contributed by atoms with E-state index in [0.29, 0.717) is 18.1 Å². The van der Waals surface area contributed by atoms with Crippen LogP contribution in [0.15, 0.2) is 4.52 Å². The summed E-state index contributed by atoms with van der Waals surface area (Å²) in [5.41, 5.74) is -0.807. The Morgan fingerprint density at radius 1 is 1.41 bits per heavy atom. The third-order valence-corrected chi connectivity index (χ3v) is 8.88. The first-order chi connectivity index (χ1) is 15.6. The van der Waals surface area contributed by atoms with E-state index >= 15 is 0 Å². The molecule has 5 atom stereocenters. The molecule has 1 amide bonds. The summed E-state index contributed by atoms with van der Waals surface area (Å²) in [6, 6.07) is 0.634. The maximum absolute atomic E-state index is 14.2. The Balaban J connectivity index is 1.75. The van der Waals surface area contributed by atoms with Gasteiger partial charge in [0.15, 0.2) is 23.9 Å². The molecule has 10 nitrogen and oxygen atoms in total. The van der Waals surface area contributed by atoms with E-state index in [2.05, 4.69) is 29.3 Å². The van der Waals surface area contributed by atoms with Gasteiger partial charge in [-0.15, -0.1) is 0 Å². The van der Waals surface area contributed by atoms with Crippen LogP contribution in [0.2, 0.25) is 0 Å². The highest BCUT2D eigenvalue weighted by Crippen LogP contribution is 2.51. The molecule has 34 heavy (non-hydrogen) atoms. The Labute approximate surface area is 200 Å². The molecule has 2 fully saturated rings. The minimum Gasteiger partial charge on any atom is -0.744 e. The summed E-state index contributed by atoms with van der Waals surface area (Å²) in [5, 5.41) is 16.8. The Kier molecular flexibility index (Phi) is 7.26. The van der Waals surface area contributed by atoms with Crippen LogP contribution in [0.5, 0.6) is 0 Å². The Morgan fingerprint density at radius 3 is 2.65 bits per heavy atom. The molecular formula is C22H34FN5O5S. The summed E-state index contributed by atoms with van der Waals surface area (Å²) in [6.07, 6.45) is 0.400. The lowest BCUT2D eigenvalue weighted by Crippen LogP contribution is -2.63. The molecule has 1 aromatic rings. The number of quaternary nitrogens is 1. The molecule has 1 saturated heterocycles. The highest BCUT2D eigenvalue weighted by Gasteiger charge is 2.56. The van der Waals surface area contributed by atoms with E-state index in [1.54, 1.807) is 0 Å². The molecule has 1 unspecified atom stereocenters. The molecule has 1 aromatic heterocycles. The van der Waals surface area contributed by atoms with Gasteiger partial charge in [-0.1, -0.05) is 32.9 Å². The fraction of sp³-hybridized carbons (Fsp3) is 0.818. The largest absolute Gasteiger partial charge is 0.744 e. The third kappa shape index (κ3) is 5.03. The number of aromatic nitrogens is 2. The maximum Gasteiger partial charge on any atom is 0.329 e. The highest BCUT2D eigenvalue weighted by atomic mass is 32.2. The molecule has 0 bridgehead atoms. The number of likely N-dealkylation sites (tertiary alicyclic amines) is 1.